The van der Waals surface area contributed by atoms with E-state index in [0.717, 1.165) is 51.4 Å². The molecule has 0 rings (SSSR count). The highest BCUT2D eigenvalue weighted by atomic mass is 79.9. The molecule has 0 aliphatic rings. The van der Waals surface area contributed by atoms with Crippen LogP contribution in [0.4, 0.5) is 0 Å². The summed E-state index contributed by atoms with van der Waals surface area (Å²) >= 11 is 67.9. The van der Waals surface area contributed by atoms with Gasteiger partial charge in [0.2, 0.25) is 0 Å². The van der Waals surface area contributed by atoms with Crippen molar-refractivity contribution in [1.29, 1.82) is 0 Å². The Hall–Kier alpha value is -2.32. The van der Waals surface area contributed by atoms with Crippen molar-refractivity contribution in [3.8, 4) is 0 Å². The van der Waals surface area contributed by atoms with E-state index >= 15 is 0 Å². The first-order valence-corrected chi connectivity index (χ1v) is 58.2. The molecule has 18 atom stereocenters. The number of unbranched alkanes of at least 4 members (excludes halogenated alkanes) is 2. The van der Waals surface area contributed by atoms with Crippen molar-refractivity contribution < 1.29 is 153 Å². The zero-order chi connectivity index (χ0) is 120. The second kappa shape index (κ2) is 118. The van der Waals surface area contributed by atoms with Gasteiger partial charge in [-0.05, 0) is 258 Å². The van der Waals surface area contributed by atoms with Crippen molar-refractivity contribution in [3.63, 3.8) is 0 Å². The lowest BCUT2D eigenvalue weighted by atomic mass is 10.2. The first-order chi connectivity index (χ1) is 66.4. The van der Waals surface area contributed by atoms with Gasteiger partial charge in [-0.1, -0.05) is 210 Å². The highest BCUT2D eigenvalue weighted by molar-refractivity contribution is 9.11. The third-order valence-electron chi connectivity index (χ3n) is 13.0. The van der Waals surface area contributed by atoms with Crippen molar-refractivity contribution in [2.45, 2.75) is 446 Å². The Balaban J connectivity index is -0.0000000883. The van der Waals surface area contributed by atoms with E-state index in [9.17, 15) is 76.7 Å². The lowest BCUT2D eigenvalue weighted by Crippen LogP contribution is -2.27. The molecule has 876 valence electrons. The van der Waals surface area contributed by atoms with Crippen LogP contribution in [0.15, 0.2) is 0 Å². The summed E-state index contributed by atoms with van der Waals surface area (Å²) in [5.74, 6) is -3.59. The lowest BCUT2D eigenvalue weighted by Gasteiger charge is -2.20. The Morgan fingerprint density at radius 3 is 0.596 bits per heavy atom. The molecule has 146 heavy (non-hydrogen) atoms. The van der Waals surface area contributed by atoms with E-state index < -0.39 is 48.6 Å². The number of alkyl halides is 16. The highest BCUT2D eigenvalue weighted by Gasteiger charge is 2.23. The fraction of sp³-hybridized carbons (Fsp3) is 0.837. The van der Waals surface area contributed by atoms with Crippen molar-refractivity contribution in [1.82, 2.24) is 0 Å². The summed E-state index contributed by atoms with van der Waals surface area (Å²) in [5, 5.41) is -4.23. The summed E-state index contributed by atoms with van der Waals surface area (Å²) in [6.45, 7) is 75.9. The molecule has 0 aromatic rings. The van der Waals surface area contributed by atoms with Crippen LogP contribution in [0.3, 0.4) is 0 Å². The van der Waals surface area contributed by atoms with Gasteiger partial charge in [-0.15, -0.1) is 92.8 Å². The van der Waals surface area contributed by atoms with E-state index in [1.165, 1.54) is 14.2 Å². The number of carbonyl (C=O) groups is 16. The topological polar surface area (TPSA) is 421 Å². The molecule has 0 heterocycles. The van der Waals surface area contributed by atoms with Gasteiger partial charge < -0.3 is 75.8 Å². The maximum absolute atomic E-state index is 10.9. The van der Waals surface area contributed by atoms with Gasteiger partial charge in [-0.3, -0.25) is 76.7 Å². The molecule has 0 aliphatic heterocycles. The molecule has 32 nitrogen and oxygen atoms in total. The van der Waals surface area contributed by atoms with Gasteiger partial charge in [0.1, 0.15) is 92.8 Å². The normalized spacial score (nSPS) is 13.6. The minimum Gasteiger partial charge on any atom is -0.468 e. The van der Waals surface area contributed by atoms with Crippen LogP contribution in [0.25, 0.3) is 0 Å². The standard InChI is InChI=1S/4C7H13BrO2.4C7H13ClO2.2C6H11BrO2.2C6H11ClO2.C5H9BrO2.C5H9ClO2.C4H7BrO2.C4H7ClO2/c1-5(8)6(9)10-7(2,3)4;1-5(2)4-10-7(9)6(3)8;1-4-5(2)10-7(9)6(3)8;1-3-4-5-10-7(9)6(2)8;1-5(8)6(9)10-7(2,3)4;1-5(2)4-10-7(9)6(3)8;1-4-5(2)10-7(9)6(3)8;1-3-4-5-10-7(9)6(2)8;1-4(2)9-6(8)5(3)7;1-3-4-9-6(8)5(2)7;1-4(2)9-6(8)5(3)7;1-3-4-9-6(8)5(2)7;2*1-3-8-5(7)4(2)6;2*1-3(5)4(6)7-2/h5H,1-4H3;2*5-6H,4H2,1-3H3;6H,3-5H2,1-2H3;5H,1-4H3;2*5-6H,4H2,1-3H3;6H,3-5H2,1-2H3;4-5H,1-3H3;5H,3-4H2,1-2H3;4-5H,1-3H3;5H,3-4H2,1-2H3;2*4H,3H2,1-2H3;2*3H,1-2H3. The van der Waals surface area contributed by atoms with Crippen LogP contribution in [0.5, 0.6) is 0 Å². The summed E-state index contributed by atoms with van der Waals surface area (Å²) in [5.41, 5.74) is -0.806. The highest BCUT2D eigenvalue weighted by Crippen LogP contribution is 2.15. The average molecular weight is 2790 g/mol. The van der Waals surface area contributed by atoms with E-state index in [1.54, 1.807) is 138 Å². The first kappa shape index (κ1) is 179. The van der Waals surface area contributed by atoms with Crippen LogP contribution in [0.1, 0.15) is 328 Å². The molecule has 0 radical (unpaired) electrons. The van der Waals surface area contributed by atoms with Gasteiger partial charge in [0.25, 0.3) is 0 Å². The minimum absolute atomic E-state index is 0.0162. The van der Waals surface area contributed by atoms with Crippen molar-refractivity contribution in [2.24, 2.45) is 11.8 Å². The Morgan fingerprint density at radius 2 is 0.425 bits per heavy atom. The number of rotatable bonds is 38. The third-order valence-corrected chi connectivity index (χ3v) is 17.4. The van der Waals surface area contributed by atoms with Gasteiger partial charge in [0.05, 0.1) is 91.5 Å². The predicted molar refractivity (Wildman–Crippen MR) is 619 cm³/mol. The molecule has 0 aromatic heterocycles. The van der Waals surface area contributed by atoms with Crippen LogP contribution >= 0.6 is 220 Å². The zero-order valence-electron chi connectivity index (χ0n) is 94.1. The third kappa shape index (κ3) is 167. The Bertz CT molecular complexity index is 3030. The summed E-state index contributed by atoms with van der Waals surface area (Å²) in [6, 6.07) is 0. The van der Waals surface area contributed by atoms with Gasteiger partial charge >= 0.3 is 95.5 Å². The molecule has 0 aliphatic carbocycles. The molecule has 0 spiro atoms. The van der Waals surface area contributed by atoms with Crippen molar-refractivity contribution >= 4 is 316 Å². The number of methoxy groups -OCH3 is 2. The summed E-state index contributed by atoms with van der Waals surface area (Å²) < 4.78 is 75.8. The van der Waals surface area contributed by atoms with E-state index in [2.05, 4.69) is 158 Å². The summed E-state index contributed by atoms with van der Waals surface area (Å²) in [6.07, 6.45) is 7.30. The number of hydrogen-bond acceptors (Lipinski definition) is 32. The largest absolute Gasteiger partial charge is 0.468 e. The zero-order valence-corrected chi connectivity index (χ0v) is 113. The fourth-order valence-electron chi connectivity index (χ4n) is 5.23. The molecular formula is C98H180Br8Cl8O32. The van der Waals surface area contributed by atoms with Crippen LogP contribution in [-0.2, 0) is 153 Å². The monoisotopic (exact) mass is 2780 g/mol. The smallest absolute Gasteiger partial charge is 0.324 e. The predicted octanol–water partition coefficient (Wildman–Crippen LogP) is 26.8. The van der Waals surface area contributed by atoms with E-state index in [4.69, 9.17) is 145 Å². The molecule has 0 saturated carbocycles. The molecule has 0 aromatic carbocycles. The summed E-state index contributed by atoms with van der Waals surface area (Å²) in [7, 11) is 2.67. The Labute approximate surface area is 983 Å². The SMILES string of the molecule is CC(Br)C(=O)OC(C)(C)C.CC(C)COC(=O)C(C)Br.CC(C)COC(=O)C(C)Cl.CC(C)OC(=O)C(C)Br.CC(C)OC(=O)C(C)Cl.CC(Cl)C(=O)OC(C)(C)C.CCC(C)OC(=O)C(C)Br.CCC(C)OC(=O)C(C)Cl.CCCCOC(=O)C(C)Br.CCCCOC(=O)C(C)Cl.CCCOC(=O)C(C)Br.CCCOC(=O)C(C)Cl.CCOC(=O)C(C)Br.CCOC(=O)C(C)Cl.COC(=O)C(C)Br.COC(=O)C(C)Cl. The number of halogens is 16. The van der Waals surface area contributed by atoms with Gasteiger partial charge in [0.15, 0.2) is 0 Å². The van der Waals surface area contributed by atoms with Gasteiger partial charge in [0, 0.05) is 0 Å². The Kier molecular flexibility index (Phi) is 145. The van der Waals surface area contributed by atoms with E-state index in [-0.39, 0.29) is 164 Å². The van der Waals surface area contributed by atoms with Gasteiger partial charge in [-0.2, -0.15) is 0 Å². The molecule has 48 heteroatoms. The van der Waals surface area contributed by atoms with E-state index in [1.807, 2.05) is 132 Å². The number of ether oxygens (including phenoxy) is 16. The van der Waals surface area contributed by atoms with Crippen molar-refractivity contribution in [2.75, 3.05) is 67.1 Å². The fourth-order valence-corrected chi connectivity index (χ4v) is 6.75. The Morgan fingerprint density at radius 1 is 0.226 bits per heavy atom. The molecule has 0 fully saturated rings. The second-order valence-electron chi connectivity index (χ2n) is 33.2. The van der Waals surface area contributed by atoms with Crippen LogP contribution in [0.2, 0.25) is 0 Å². The average Bonchev–Trinajstić information content (AvgIpc) is 0.933. The van der Waals surface area contributed by atoms with Crippen LogP contribution < -0.4 is 0 Å². The molecule has 0 N–H and O–H groups in total. The maximum atomic E-state index is 10.9. The van der Waals surface area contributed by atoms with Gasteiger partial charge in [-0.25, -0.2) is 0 Å². The number of esters is 16. The lowest BCUT2D eigenvalue weighted by molar-refractivity contribution is -0.154. The van der Waals surface area contributed by atoms with E-state index in [0.29, 0.717) is 64.7 Å². The minimum atomic E-state index is -0.556. The number of hydrogen-bond donors (Lipinski definition) is 0. The molecule has 0 bridgehead atoms. The maximum Gasteiger partial charge on any atom is 0.324 e. The molecular weight excluding hydrogens is 2610 g/mol. The van der Waals surface area contributed by atoms with Crippen LogP contribution in [0, 0.1) is 11.8 Å². The molecule has 18 unspecified atom stereocenters. The quantitative estimate of drug-likeness (QED) is 0.0240. The molecule has 0 amide bonds. The first-order valence-electron chi connectivity index (χ1n) is 47.4. The number of carbonyl (C=O) groups excluding carboxylic acids is 16. The molecule has 0 saturated heterocycles. The van der Waals surface area contributed by atoms with Crippen LogP contribution in [-0.4, -0.2) is 280 Å². The summed E-state index contributed by atoms with van der Waals surface area (Å²) in [4.78, 5) is 168. The second-order valence-corrected chi connectivity index (χ2v) is 49.4. The van der Waals surface area contributed by atoms with Crippen molar-refractivity contribution in [3.05, 3.63) is 0 Å².